The van der Waals surface area contributed by atoms with Crippen LogP contribution in [0.25, 0.3) is 0 Å². The van der Waals surface area contributed by atoms with E-state index in [4.69, 9.17) is 8.92 Å². The van der Waals surface area contributed by atoms with Gasteiger partial charge in [0, 0.05) is 11.8 Å². The molecule has 6 unspecified atom stereocenters. The highest BCUT2D eigenvalue weighted by Gasteiger charge is 2.69. The zero-order valence-electron chi connectivity index (χ0n) is 9.08. The van der Waals surface area contributed by atoms with E-state index in [1.807, 2.05) is 6.92 Å². The summed E-state index contributed by atoms with van der Waals surface area (Å²) in [4.78, 5) is 0. The van der Waals surface area contributed by atoms with E-state index in [0.29, 0.717) is 5.92 Å². The molecule has 3 aliphatic rings. The zero-order chi connectivity index (χ0) is 11.0. The van der Waals surface area contributed by atoms with Crippen molar-refractivity contribution in [2.24, 2.45) is 17.8 Å². The number of hydrogen-bond acceptors (Lipinski definition) is 4. The third kappa shape index (κ3) is 1.06. The van der Waals surface area contributed by atoms with Crippen molar-refractivity contribution >= 4 is 10.1 Å². The van der Waals surface area contributed by atoms with Crippen molar-refractivity contribution in [2.45, 2.75) is 44.3 Å². The topological polar surface area (TPSA) is 52.6 Å². The molecule has 6 atom stereocenters. The van der Waals surface area contributed by atoms with Crippen LogP contribution in [-0.4, -0.2) is 32.0 Å². The Morgan fingerprint density at radius 3 is 2.40 bits per heavy atom. The van der Waals surface area contributed by atoms with Crippen LogP contribution >= 0.6 is 0 Å². The molecular weight excluding hydrogens is 216 g/mol. The van der Waals surface area contributed by atoms with Gasteiger partial charge in [0.2, 0.25) is 0 Å². The van der Waals surface area contributed by atoms with E-state index in [2.05, 4.69) is 13.8 Å². The van der Waals surface area contributed by atoms with Gasteiger partial charge in [-0.1, -0.05) is 20.8 Å². The van der Waals surface area contributed by atoms with Crippen molar-refractivity contribution in [1.82, 2.24) is 0 Å². The van der Waals surface area contributed by atoms with E-state index in [1.165, 1.54) is 0 Å². The lowest BCUT2D eigenvalue weighted by molar-refractivity contribution is 0.0694. The monoisotopic (exact) mass is 232 g/mol. The Morgan fingerprint density at radius 2 is 1.80 bits per heavy atom. The third-order valence-electron chi connectivity index (χ3n) is 4.11. The molecule has 3 saturated heterocycles. The predicted molar refractivity (Wildman–Crippen MR) is 53.7 cm³/mol. The van der Waals surface area contributed by atoms with E-state index in [-0.39, 0.29) is 30.1 Å². The molecule has 3 rings (SSSR count). The van der Waals surface area contributed by atoms with E-state index >= 15 is 0 Å². The van der Waals surface area contributed by atoms with Crippen molar-refractivity contribution in [3.05, 3.63) is 0 Å². The standard InChI is InChI=1S/C10H16O4S/c1-4(2)6-7-5(3)10-9(13-7)8(6)14-15(10,11)12/h4-10H,1-3H3. The van der Waals surface area contributed by atoms with E-state index < -0.39 is 15.4 Å². The summed E-state index contributed by atoms with van der Waals surface area (Å²) in [6.45, 7) is 6.17. The fourth-order valence-electron chi connectivity index (χ4n) is 3.50. The minimum atomic E-state index is -3.37. The molecule has 15 heavy (non-hydrogen) atoms. The van der Waals surface area contributed by atoms with Gasteiger partial charge in [-0.15, -0.1) is 0 Å². The van der Waals surface area contributed by atoms with Crippen molar-refractivity contribution in [3.63, 3.8) is 0 Å². The fourth-order valence-corrected chi connectivity index (χ4v) is 5.41. The SMILES string of the molecule is CC(C)C1C2OC3C1OS(=O)(=O)C3C2C. The van der Waals surface area contributed by atoms with Gasteiger partial charge >= 0.3 is 0 Å². The minimum absolute atomic E-state index is 0.0716. The first-order valence-electron chi connectivity index (χ1n) is 5.51. The zero-order valence-corrected chi connectivity index (χ0v) is 9.90. The second-order valence-corrected chi connectivity index (χ2v) is 6.99. The Balaban J connectivity index is 2.06. The first kappa shape index (κ1) is 10.1. The molecule has 0 aliphatic carbocycles. The van der Waals surface area contributed by atoms with Crippen molar-refractivity contribution in [2.75, 3.05) is 0 Å². The summed E-state index contributed by atoms with van der Waals surface area (Å²) in [5, 5.41) is -0.414. The smallest absolute Gasteiger partial charge is 0.273 e. The Hall–Kier alpha value is -0.130. The minimum Gasteiger partial charge on any atom is -0.370 e. The van der Waals surface area contributed by atoms with Crippen LogP contribution in [0.5, 0.6) is 0 Å². The second-order valence-electron chi connectivity index (χ2n) is 5.26. The average molecular weight is 232 g/mol. The molecule has 0 radical (unpaired) electrons. The van der Waals surface area contributed by atoms with Gasteiger partial charge in [-0.25, -0.2) is 0 Å². The highest BCUT2D eigenvalue weighted by Crippen LogP contribution is 2.54. The van der Waals surface area contributed by atoms with Gasteiger partial charge in [0.25, 0.3) is 10.1 Å². The molecule has 0 amide bonds. The molecule has 86 valence electrons. The van der Waals surface area contributed by atoms with Crippen LogP contribution in [-0.2, 0) is 19.0 Å². The van der Waals surface area contributed by atoms with Crippen LogP contribution in [0.15, 0.2) is 0 Å². The van der Waals surface area contributed by atoms with Crippen LogP contribution in [0.4, 0.5) is 0 Å². The molecular formula is C10H16O4S. The average Bonchev–Trinajstić information content (AvgIpc) is 2.62. The van der Waals surface area contributed by atoms with Crippen molar-refractivity contribution in [3.8, 4) is 0 Å². The molecule has 0 N–H and O–H groups in total. The Bertz CT molecular complexity index is 388. The van der Waals surface area contributed by atoms with Gasteiger partial charge in [-0.05, 0) is 5.92 Å². The van der Waals surface area contributed by atoms with E-state index in [0.717, 1.165) is 0 Å². The van der Waals surface area contributed by atoms with Crippen molar-refractivity contribution < 1.29 is 17.3 Å². The Kier molecular flexibility index (Phi) is 1.85. The van der Waals surface area contributed by atoms with Crippen molar-refractivity contribution in [1.29, 1.82) is 0 Å². The van der Waals surface area contributed by atoms with Gasteiger partial charge in [-0.3, -0.25) is 4.18 Å². The summed E-state index contributed by atoms with van der Waals surface area (Å²) >= 11 is 0. The summed E-state index contributed by atoms with van der Waals surface area (Å²) in [5.74, 6) is 0.714. The van der Waals surface area contributed by atoms with Crippen LogP contribution in [0, 0.1) is 17.8 Å². The highest BCUT2D eigenvalue weighted by molar-refractivity contribution is 7.87. The van der Waals surface area contributed by atoms with Gasteiger partial charge in [-0.2, -0.15) is 8.42 Å². The Morgan fingerprint density at radius 1 is 1.13 bits per heavy atom. The van der Waals surface area contributed by atoms with Gasteiger partial charge in [0.1, 0.15) is 17.5 Å². The lowest BCUT2D eigenvalue weighted by Crippen LogP contribution is -2.42. The molecule has 0 spiro atoms. The van der Waals surface area contributed by atoms with Crippen LogP contribution in [0.1, 0.15) is 20.8 Å². The first-order chi connectivity index (χ1) is 6.93. The lowest BCUT2D eigenvalue weighted by Gasteiger charge is -2.28. The van der Waals surface area contributed by atoms with E-state index in [1.54, 1.807) is 0 Å². The number of ether oxygens (including phenoxy) is 1. The number of rotatable bonds is 1. The Labute approximate surface area is 90.1 Å². The highest BCUT2D eigenvalue weighted by atomic mass is 32.2. The maximum atomic E-state index is 11.8. The summed E-state index contributed by atoms with van der Waals surface area (Å²) in [7, 11) is -3.37. The maximum Gasteiger partial charge on any atom is 0.273 e. The summed E-state index contributed by atoms with van der Waals surface area (Å²) in [6, 6.07) is 0. The largest absolute Gasteiger partial charge is 0.370 e. The lowest BCUT2D eigenvalue weighted by atomic mass is 9.75. The van der Waals surface area contributed by atoms with Gasteiger partial charge < -0.3 is 4.74 Å². The van der Waals surface area contributed by atoms with E-state index in [9.17, 15) is 8.42 Å². The second kappa shape index (κ2) is 2.76. The summed E-state index contributed by atoms with van der Waals surface area (Å²) in [6.07, 6.45) is -0.356. The third-order valence-corrected chi connectivity index (χ3v) is 5.96. The molecule has 3 heterocycles. The molecule has 0 aromatic carbocycles. The quantitative estimate of drug-likeness (QED) is 0.627. The maximum absolute atomic E-state index is 11.8. The van der Waals surface area contributed by atoms with Gasteiger partial charge in [0.05, 0.1) is 6.10 Å². The van der Waals surface area contributed by atoms with Crippen LogP contribution in [0.2, 0.25) is 0 Å². The molecule has 2 bridgehead atoms. The molecule has 5 heteroatoms. The molecule has 0 saturated carbocycles. The van der Waals surface area contributed by atoms with Gasteiger partial charge in [0.15, 0.2) is 0 Å². The molecule has 4 nitrogen and oxygen atoms in total. The van der Waals surface area contributed by atoms with Crippen LogP contribution in [0.3, 0.4) is 0 Å². The predicted octanol–water partition coefficient (Wildman–Crippen LogP) is 0.773. The first-order valence-corrected chi connectivity index (χ1v) is 6.98. The summed E-state index contributed by atoms with van der Waals surface area (Å²) in [5.41, 5.74) is 0. The number of hydrogen-bond donors (Lipinski definition) is 0. The molecule has 3 aliphatic heterocycles. The number of fused-ring (bicyclic) bond motifs is 1. The van der Waals surface area contributed by atoms with Crippen LogP contribution < -0.4 is 0 Å². The fraction of sp³-hybridized carbons (Fsp3) is 1.00. The molecule has 3 fully saturated rings. The normalized spacial score (nSPS) is 55.5. The molecule has 0 aromatic heterocycles. The summed E-state index contributed by atoms with van der Waals surface area (Å²) < 4.78 is 34.5. The molecule has 0 aromatic rings.